The fraction of sp³-hybridized carbons (Fsp3) is 0.417. The lowest BCUT2D eigenvalue weighted by Crippen LogP contribution is -2.29. The first kappa shape index (κ1) is 14.3. The molecule has 0 radical (unpaired) electrons. The van der Waals surface area contributed by atoms with Gasteiger partial charge in [-0.25, -0.2) is 12.7 Å². The highest BCUT2D eigenvalue weighted by molar-refractivity contribution is 7.89. The van der Waals surface area contributed by atoms with Crippen molar-refractivity contribution in [2.75, 3.05) is 31.4 Å². The van der Waals surface area contributed by atoms with Gasteiger partial charge in [0.1, 0.15) is 5.88 Å². The molecule has 1 aromatic rings. The van der Waals surface area contributed by atoms with Crippen LogP contribution in [0, 0.1) is 0 Å². The van der Waals surface area contributed by atoms with E-state index in [2.05, 4.69) is 0 Å². The Morgan fingerprint density at radius 2 is 2.11 bits per heavy atom. The van der Waals surface area contributed by atoms with Gasteiger partial charge in [0.05, 0.1) is 4.90 Å². The molecule has 0 bridgehead atoms. The first-order chi connectivity index (χ1) is 8.87. The van der Waals surface area contributed by atoms with Crippen LogP contribution in [0.1, 0.15) is 5.56 Å². The van der Waals surface area contributed by atoms with Gasteiger partial charge in [0, 0.05) is 26.3 Å². The molecule has 0 aliphatic carbocycles. The van der Waals surface area contributed by atoms with Crippen LogP contribution in [0.3, 0.4) is 0 Å². The quantitative estimate of drug-likeness (QED) is 0.785. The number of fused-ring (bicyclic) bond motifs is 1. The summed E-state index contributed by atoms with van der Waals surface area (Å²) in [6.45, 7) is 0.548. The molecule has 0 saturated carbocycles. The van der Waals surface area contributed by atoms with E-state index in [0.29, 0.717) is 13.0 Å². The first-order valence-electron chi connectivity index (χ1n) is 5.79. The molecule has 0 unspecified atom stereocenters. The molecule has 19 heavy (non-hydrogen) atoms. The summed E-state index contributed by atoms with van der Waals surface area (Å²) in [5, 5.41) is 0. The minimum atomic E-state index is -3.44. The van der Waals surface area contributed by atoms with Crippen LogP contribution in [0.5, 0.6) is 0 Å². The predicted molar refractivity (Wildman–Crippen MR) is 74.1 cm³/mol. The van der Waals surface area contributed by atoms with Gasteiger partial charge in [-0.15, -0.1) is 11.6 Å². The molecular formula is C12H15ClN2O3S. The number of carbonyl (C=O) groups excluding carboxylic acids is 1. The number of hydrogen-bond acceptors (Lipinski definition) is 3. The van der Waals surface area contributed by atoms with Crippen molar-refractivity contribution in [1.29, 1.82) is 0 Å². The summed E-state index contributed by atoms with van der Waals surface area (Å²) in [6.07, 6.45) is 0.648. The second kappa shape index (κ2) is 5.11. The fourth-order valence-corrected chi connectivity index (χ4v) is 3.18. The molecule has 7 heteroatoms. The van der Waals surface area contributed by atoms with Gasteiger partial charge < -0.3 is 4.90 Å². The van der Waals surface area contributed by atoms with Crippen LogP contribution >= 0.6 is 11.6 Å². The van der Waals surface area contributed by atoms with E-state index in [4.69, 9.17) is 11.6 Å². The minimum absolute atomic E-state index is 0.0722. The average molecular weight is 303 g/mol. The van der Waals surface area contributed by atoms with Crippen LogP contribution in [0.15, 0.2) is 23.1 Å². The number of sulfonamides is 1. The summed E-state index contributed by atoms with van der Waals surface area (Å²) in [4.78, 5) is 13.5. The number of hydrogen-bond donors (Lipinski definition) is 0. The van der Waals surface area contributed by atoms with E-state index in [1.807, 2.05) is 0 Å². The second-order valence-electron chi connectivity index (χ2n) is 4.51. The number of benzene rings is 1. The fourth-order valence-electron chi connectivity index (χ4n) is 2.08. The van der Waals surface area contributed by atoms with E-state index < -0.39 is 10.0 Å². The third-order valence-corrected chi connectivity index (χ3v) is 5.18. The molecule has 104 valence electrons. The van der Waals surface area contributed by atoms with Crippen LogP contribution in [-0.2, 0) is 21.2 Å². The lowest BCUT2D eigenvalue weighted by Gasteiger charge is -2.16. The molecule has 1 aromatic carbocycles. The van der Waals surface area contributed by atoms with Gasteiger partial charge in [0.15, 0.2) is 0 Å². The largest absolute Gasteiger partial charge is 0.311 e. The van der Waals surface area contributed by atoms with Gasteiger partial charge in [0.2, 0.25) is 15.9 Å². The van der Waals surface area contributed by atoms with E-state index in [9.17, 15) is 13.2 Å². The Morgan fingerprint density at radius 1 is 1.42 bits per heavy atom. The van der Waals surface area contributed by atoms with Crippen LogP contribution in [0.25, 0.3) is 0 Å². The highest BCUT2D eigenvalue weighted by atomic mass is 35.5. The molecule has 1 aliphatic heterocycles. The molecule has 0 aromatic heterocycles. The second-order valence-corrected chi connectivity index (χ2v) is 6.93. The molecule has 5 nitrogen and oxygen atoms in total. The number of halogens is 1. The maximum atomic E-state index is 12.0. The van der Waals surface area contributed by atoms with E-state index in [0.717, 1.165) is 11.3 Å². The molecule has 0 atom stereocenters. The van der Waals surface area contributed by atoms with Crippen molar-refractivity contribution in [2.45, 2.75) is 11.3 Å². The van der Waals surface area contributed by atoms with E-state index in [1.54, 1.807) is 17.0 Å². The number of nitrogens with zero attached hydrogens (tertiary/aromatic N) is 2. The SMILES string of the molecule is CN(C)S(=O)(=O)c1ccc2c(c1)CCN2C(=O)CCl. The Bertz CT molecular complexity index is 613. The zero-order valence-electron chi connectivity index (χ0n) is 10.8. The van der Waals surface area contributed by atoms with E-state index in [-0.39, 0.29) is 16.7 Å². The van der Waals surface area contributed by atoms with E-state index >= 15 is 0 Å². The maximum Gasteiger partial charge on any atom is 0.242 e. The predicted octanol–water partition coefficient (Wildman–Crippen LogP) is 1.06. The molecule has 2 rings (SSSR count). The first-order valence-corrected chi connectivity index (χ1v) is 7.77. The summed E-state index contributed by atoms with van der Waals surface area (Å²) in [7, 11) is -0.454. The number of anilines is 1. The third kappa shape index (κ3) is 2.48. The number of alkyl halides is 1. The maximum absolute atomic E-state index is 12.0. The summed E-state index contributed by atoms with van der Waals surface area (Å²) in [5.41, 5.74) is 1.62. The lowest BCUT2D eigenvalue weighted by molar-refractivity contribution is -0.116. The smallest absolute Gasteiger partial charge is 0.242 e. The summed E-state index contributed by atoms with van der Waals surface area (Å²) in [6, 6.07) is 4.82. The summed E-state index contributed by atoms with van der Waals surface area (Å²) in [5.74, 6) is -0.236. The molecule has 0 spiro atoms. The summed E-state index contributed by atoms with van der Waals surface area (Å²) >= 11 is 5.55. The molecule has 1 aliphatic rings. The van der Waals surface area contributed by atoms with Crippen molar-refractivity contribution < 1.29 is 13.2 Å². The van der Waals surface area contributed by atoms with Crippen molar-refractivity contribution in [1.82, 2.24) is 4.31 Å². The van der Waals surface area contributed by atoms with Crippen LogP contribution in [0.4, 0.5) is 5.69 Å². The monoisotopic (exact) mass is 302 g/mol. The highest BCUT2D eigenvalue weighted by Gasteiger charge is 2.26. The van der Waals surface area contributed by atoms with Crippen LogP contribution in [0.2, 0.25) is 0 Å². The molecule has 0 N–H and O–H groups in total. The van der Waals surface area contributed by atoms with Gasteiger partial charge in [-0.05, 0) is 30.2 Å². The Labute approximate surface area is 117 Å². The summed E-state index contributed by atoms with van der Waals surface area (Å²) < 4.78 is 25.2. The zero-order chi connectivity index (χ0) is 14.2. The minimum Gasteiger partial charge on any atom is -0.311 e. The van der Waals surface area contributed by atoms with E-state index in [1.165, 1.54) is 24.5 Å². The molecule has 1 heterocycles. The van der Waals surface area contributed by atoms with Crippen LogP contribution in [-0.4, -0.2) is 45.2 Å². The zero-order valence-corrected chi connectivity index (χ0v) is 12.3. The van der Waals surface area contributed by atoms with Gasteiger partial charge >= 0.3 is 0 Å². The molecule has 0 fully saturated rings. The Hall–Kier alpha value is -1.11. The van der Waals surface area contributed by atoms with Crippen molar-refractivity contribution >= 4 is 33.2 Å². The lowest BCUT2D eigenvalue weighted by atomic mass is 10.2. The Kier molecular flexibility index (Phi) is 3.85. The number of carbonyl (C=O) groups is 1. The Balaban J connectivity index is 2.41. The molecule has 1 amide bonds. The van der Waals surface area contributed by atoms with Crippen molar-refractivity contribution in [3.63, 3.8) is 0 Å². The standard InChI is InChI=1S/C12H15ClN2O3S/c1-14(2)19(17,18)10-3-4-11-9(7-10)5-6-15(11)12(16)8-13/h3-4,7H,5-6,8H2,1-2H3. The van der Waals surface area contributed by atoms with Gasteiger partial charge in [0.25, 0.3) is 0 Å². The van der Waals surface area contributed by atoms with Crippen molar-refractivity contribution in [3.8, 4) is 0 Å². The van der Waals surface area contributed by atoms with Crippen molar-refractivity contribution in [2.24, 2.45) is 0 Å². The topological polar surface area (TPSA) is 57.7 Å². The van der Waals surface area contributed by atoms with Crippen molar-refractivity contribution in [3.05, 3.63) is 23.8 Å². The average Bonchev–Trinajstić information content (AvgIpc) is 2.80. The van der Waals surface area contributed by atoms with Crippen LogP contribution < -0.4 is 4.90 Å². The molecule has 0 saturated heterocycles. The number of amides is 1. The third-order valence-electron chi connectivity index (χ3n) is 3.14. The Morgan fingerprint density at radius 3 is 2.68 bits per heavy atom. The normalized spacial score (nSPS) is 14.8. The highest BCUT2D eigenvalue weighted by Crippen LogP contribution is 2.30. The number of rotatable bonds is 3. The molecular weight excluding hydrogens is 288 g/mol. The van der Waals surface area contributed by atoms with Gasteiger partial charge in [-0.2, -0.15) is 0 Å². The van der Waals surface area contributed by atoms with Gasteiger partial charge in [-0.3, -0.25) is 4.79 Å². The van der Waals surface area contributed by atoms with Gasteiger partial charge in [-0.1, -0.05) is 0 Å².